The summed E-state index contributed by atoms with van der Waals surface area (Å²) in [6.45, 7) is 6.91. The first kappa shape index (κ1) is 13.4. The largest absolute Gasteiger partial charge is 0.485 e. The lowest BCUT2D eigenvalue weighted by atomic mass is 9.87. The molecule has 3 heteroatoms. The van der Waals surface area contributed by atoms with Crippen LogP contribution in [0.25, 0.3) is 0 Å². The Kier molecular flexibility index (Phi) is 3.74. The number of ether oxygens (including phenoxy) is 1. The molecule has 2 rings (SSSR count). The second kappa shape index (κ2) is 5.31. The Labute approximate surface area is 114 Å². The van der Waals surface area contributed by atoms with Crippen LogP contribution in [0.3, 0.4) is 0 Å². The highest BCUT2D eigenvalue weighted by atomic mass is 16.5. The van der Waals surface area contributed by atoms with Crippen molar-refractivity contribution in [1.82, 2.24) is 4.98 Å². The van der Waals surface area contributed by atoms with Gasteiger partial charge in [0.1, 0.15) is 6.61 Å². The molecule has 1 heterocycles. The Morgan fingerprint density at radius 1 is 1.11 bits per heavy atom. The smallest absolute Gasteiger partial charge is 0.166 e. The van der Waals surface area contributed by atoms with Crippen molar-refractivity contribution in [3.8, 4) is 5.75 Å². The molecule has 0 unspecified atom stereocenters. The van der Waals surface area contributed by atoms with Gasteiger partial charge in [0.2, 0.25) is 0 Å². The molecule has 0 spiro atoms. The maximum Gasteiger partial charge on any atom is 0.166 e. The van der Waals surface area contributed by atoms with Crippen LogP contribution in [0.5, 0.6) is 5.75 Å². The van der Waals surface area contributed by atoms with E-state index in [2.05, 4.69) is 25.8 Å². The van der Waals surface area contributed by atoms with Crippen LogP contribution in [0.4, 0.5) is 5.82 Å². The second-order valence-corrected chi connectivity index (χ2v) is 5.60. The SMILES string of the molecule is CC(C)(C)c1ccnc(N)c1OCc1ccccc1. The summed E-state index contributed by atoms with van der Waals surface area (Å²) >= 11 is 0. The summed E-state index contributed by atoms with van der Waals surface area (Å²) in [7, 11) is 0. The van der Waals surface area contributed by atoms with Crippen LogP contribution in [0.15, 0.2) is 42.6 Å². The molecule has 0 atom stereocenters. The molecule has 0 saturated heterocycles. The molecule has 0 aliphatic rings. The quantitative estimate of drug-likeness (QED) is 0.913. The monoisotopic (exact) mass is 256 g/mol. The number of pyridine rings is 1. The first-order chi connectivity index (χ1) is 8.98. The lowest BCUT2D eigenvalue weighted by Gasteiger charge is -2.23. The van der Waals surface area contributed by atoms with Crippen LogP contribution in [0.1, 0.15) is 31.9 Å². The van der Waals surface area contributed by atoms with E-state index in [1.54, 1.807) is 6.20 Å². The normalized spacial score (nSPS) is 11.3. The summed E-state index contributed by atoms with van der Waals surface area (Å²) in [5, 5.41) is 0. The summed E-state index contributed by atoms with van der Waals surface area (Å²) in [5.41, 5.74) is 8.12. The minimum absolute atomic E-state index is 0.0247. The van der Waals surface area contributed by atoms with Crippen LogP contribution in [0, 0.1) is 0 Å². The van der Waals surface area contributed by atoms with Gasteiger partial charge in [0.05, 0.1) is 0 Å². The fourth-order valence-electron chi connectivity index (χ4n) is 1.94. The number of aromatic nitrogens is 1. The molecular weight excluding hydrogens is 236 g/mol. The lowest BCUT2D eigenvalue weighted by Crippen LogP contribution is -2.15. The second-order valence-electron chi connectivity index (χ2n) is 5.60. The van der Waals surface area contributed by atoms with Gasteiger partial charge in [-0.3, -0.25) is 0 Å². The van der Waals surface area contributed by atoms with Crippen LogP contribution < -0.4 is 10.5 Å². The van der Waals surface area contributed by atoms with E-state index in [0.29, 0.717) is 18.2 Å². The van der Waals surface area contributed by atoms with Crippen molar-refractivity contribution in [1.29, 1.82) is 0 Å². The van der Waals surface area contributed by atoms with Crippen molar-refractivity contribution in [2.75, 3.05) is 5.73 Å². The molecule has 19 heavy (non-hydrogen) atoms. The number of hydrogen-bond acceptors (Lipinski definition) is 3. The van der Waals surface area contributed by atoms with Crippen LogP contribution in [-0.2, 0) is 12.0 Å². The summed E-state index contributed by atoms with van der Waals surface area (Å²) in [6.07, 6.45) is 1.73. The topological polar surface area (TPSA) is 48.1 Å². The molecule has 0 saturated carbocycles. The van der Waals surface area contributed by atoms with Gasteiger partial charge >= 0.3 is 0 Å². The van der Waals surface area contributed by atoms with E-state index in [1.807, 2.05) is 36.4 Å². The molecule has 0 amide bonds. The van der Waals surface area contributed by atoms with Gasteiger partial charge in [-0.25, -0.2) is 4.98 Å². The fraction of sp³-hybridized carbons (Fsp3) is 0.312. The third-order valence-electron chi connectivity index (χ3n) is 2.97. The third-order valence-corrected chi connectivity index (χ3v) is 2.97. The molecule has 1 aromatic carbocycles. The molecule has 2 N–H and O–H groups in total. The zero-order chi connectivity index (χ0) is 13.9. The highest BCUT2D eigenvalue weighted by Gasteiger charge is 2.21. The molecule has 1 aromatic heterocycles. The fourth-order valence-corrected chi connectivity index (χ4v) is 1.94. The predicted molar refractivity (Wildman–Crippen MR) is 78.1 cm³/mol. The number of benzene rings is 1. The number of rotatable bonds is 3. The van der Waals surface area contributed by atoms with E-state index < -0.39 is 0 Å². The van der Waals surface area contributed by atoms with E-state index in [9.17, 15) is 0 Å². The van der Waals surface area contributed by atoms with Crippen LogP contribution in [0.2, 0.25) is 0 Å². The van der Waals surface area contributed by atoms with Gasteiger partial charge in [0, 0.05) is 11.8 Å². The average Bonchev–Trinajstić information content (AvgIpc) is 2.37. The van der Waals surface area contributed by atoms with Gasteiger partial charge in [-0.05, 0) is 17.0 Å². The van der Waals surface area contributed by atoms with E-state index in [0.717, 1.165) is 11.1 Å². The standard InChI is InChI=1S/C16H20N2O/c1-16(2,3)13-9-10-18-15(17)14(13)19-11-12-7-5-4-6-8-12/h4-10H,11H2,1-3H3,(H2,17,18). The highest BCUT2D eigenvalue weighted by molar-refractivity contribution is 5.53. The number of nitrogens with two attached hydrogens (primary N) is 1. The van der Waals surface area contributed by atoms with Crippen LogP contribution in [-0.4, -0.2) is 4.98 Å². The van der Waals surface area contributed by atoms with Gasteiger partial charge in [0.15, 0.2) is 11.6 Å². The van der Waals surface area contributed by atoms with E-state index in [4.69, 9.17) is 10.5 Å². The Balaban J connectivity index is 2.25. The molecule has 3 nitrogen and oxygen atoms in total. The molecular formula is C16H20N2O. The van der Waals surface area contributed by atoms with Crippen molar-refractivity contribution in [3.05, 3.63) is 53.7 Å². The van der Waals surface area contributed by atoms with E-state index in [-0.39, 0.29) is 5.41 Å². The van der Waals surface area contributed by atoms with Crippen LogP contribution >= 0.6 is 0 Å². The lowest BCUT2D eigenvalue weighted by molar-refractivity contribution is 0.298. The molecule has 0 bridgehead atoms. The molecule has 0 aliphatic carbocycles. The Bertz CT molecular complexity index is 544. The number of hydrogen-bond donors (Lipinski definition) is 1. The van der Waals surface area contributed by atoms with Gasteiger partial charge in [0.25, 0.3) is 0 Å². The zero-order valence-electron chi connectivity index (χ0n) is 11.7. The Hall–Kier alpha value is -2.03. The summed E-state index contributed by atoms with van der Waals surface area (Å²) in [5.74, 6) is 1.14. The molecule has 100 valence electrons. The molecule has 0 aliphatic heterocycles. The maximum absolute atomic E-state index is 5.95. The van der Waals surface area contributed by atoms with Crippen molar-refractivity contribution in [2.45, 2.75) is 32.8 Å². The molecule has 2 aromatic rings. The number of nitrogens with zero attached hydrogens (tertiary/aromatic N) is 1. The maximum atomic E-state index is 5.95. The highest BCUT2D eigenvalue weighted by Crippen LogP contribution is 2.34. The van der Waals surface area contributed by atoms with Gasteiger partial charge in [-0.2, -0.15) is 0 Å². The Morgan fingerprint density at radius 2 is 1.79 bits per heavy atom. The predicted octanol–water partition coefficient (Wildman–Crippen LogP) is 3.54. The number of anilines is 1. The molecule has 0 fully saturated rings. The summed E-state index contributed by atoms with van der Waals surface area (Å²) in [4.78, 5) is 4.12. The van der Waals surface area contributed by atoms with Gasteiger partial charge in [-0.1, -0.05) is 51.1 Å². The zero-order valence-corrected chi connectivity index (χ0v) is 11.7. The van der Waals surface area contributed by atoms with Crippen molar-refractivity contribution in [3.63, 3.8) is 0 Å². The minimum Gasteiger partial charge on any atom is -0.485 e. The van der Waals surface area contributed by atoms with Crippen molar-refractivity contribution in [2.24, 2.45) is 0 Å². The van der Waals surface area contributed by atoms with E-state index >= 15 is 0 Å². The summed E-state index contributed by atoms with van der Waals surface area (Å²) in [6, 6.07) is 12.0. The first-order valence-electron chi connectivity index (χ1n) is 6.40. The van der Waals surface area contributed by atoms with Crippen molar-refractivity contribution >= 4 is 5.82 Å². The van der Waals surface area contributed by atoms with Crippen molar-refractivity contribution < 1.29 is 4.74 Å². The minimum atomic E-state index is -0.0247. The van der Waals surface area contributed by atoms with Gasteiger partial charge < -0.3 is 10.5 Å². The third kappa shape index (κ3) is 3.25. The van der Waals surface area contributed by atoms with Gasteiger partial charge in [-0.15, -0.1) is 0 Å². The number of nitrogen functional groups attached to an aromatic ring is 1. The first-order valence-corrected chi connectivity index (χ1v) is 6.40. The summed E-state index contributed by atoms with van der Waals surface area (Å²) < 4.78 is 5.89. The average molecular weight is 256 g/mol. The molecule has 0 radical (unpaired) electrons. The Morgan fingerprint density at radius 3 is 2.42 bits per heavy atom. The van der Waals surface area contributed by atoms with E-state index in [1.165, 1.54) is 0 Å².